The Morgan fingerprint density at radius 3 is 2.33 bits per heavy atom. The van der Waals surface area contributed by atoms with Gasteiger partial charge in [0.05, 0.1) is 22.3 Å². The average molecular weight is 412 g/mol. The number of benzene rings is 2. The van der Waals surface area contributed by atoms with Crippen molar-refractivity contribution < 1.29 is 13.2 Å². The lowest BCUT2D eigenvalue weighted by Crippen LogP contribution is -2.12. The minimum Gasteiger partial charge on any atom is -0.336 e. The first-order valence-electron chi connectivity index (χ1n) is 9.67. The smallest absolute Gasteiger partial charge is 0.336 e. The zero-order valence-corrected chi connectivity index (χ0v) is 17.5. The van der Waals surface area contributed by atoms with Crippen LogP contribution in [0.15, 0.2) is 42.5 Å². The predicted molar refractivity (Wildman–Crippen MR) is 112 cm³/mol. The van der Waals surface area contributed by atoms with E-state index in [1.807, 2.05) is 20.0 Å². The van der Waals surface area contributed by atoms with Gasteiger partial charge in [0, 0.05) is 12.5 Å². The summed E-state index contributed by atoms with van der Waals surface area (Å²) in [6.07, 6.45) is -4.42. The molecule has 0 fully saturated rings. The molecule has 156 valence electrons. The lowest BCUT2D eigenvalue weighted by molar-refractivity contribution is -0.137. The molecule has 0 aliphatic heterocycles. The van der Waals surface area contributed by atoms with Gasteiger partial charge in [-0.05, 0) is 47.9 Å². The van der Waals surface area contributed by atoms with Gasteiger partial charge in [0.15, 0.2) is 5.82 Å². The molecule has 0 aliphatic carbocycles. The Labute approximate surface area is 172 Å². The van der Waals surface area contributed by atoms with E-state index in [0.29, 0.717) is 16.9 Å². The molecular weight excluding hydrogens is 389 g/mol. The van der Waals surface area contributed by atoms with Gasteiger partial charge in [0.2, 0.25) is 0 Å². The number of imidazole rings is 1. The predicted octanol–water partition coefficient (Wildman–Crippen LogP) is 6.26. The Morgan fingerprint density at radius 2 is 1.70 bits per heavy atom. The largest absolute Gasteiger partial charge is 0.417 e. The van der Waals surface area contributed by atoms with Gasteiger partial charge in [-0.2, -0.15) is 18.3 Å². The van der Waals surface area contributed by atoms with Crippen molar-refractivity contribution in [2.45, 2.75) is 39.3 Å². The number of halogens is 3. The topological polar surface area (TPSA) is 46.5 Å². The molecule has 4 rings (SSSR count). The van der Waals surface area contributed by atoms with E-state index in [4.69, 9.17) is 0 Å². The first-order valence-corrected chi connectivity index (χ1v) is 9.67. The summed E-state index contributed by atoms with van der Waals surface area (Å²) in [6, 6.07) is 11.1. The lowest BCUT2D eigenvalue weighted by Gasteiger charge is -2.13. The molecule has 0 saturated carbocycles. The van der Waals surface area contributed by atoms with Crippen molar-refractivity contribution in [1.82, 2.24) is 19.7 Å². The number of hydrogen-bond acceptors (Lipinski definition) is 2. The SMILES string of the molecule is Cc1cc(-c2ccccc2C(F)(F)F)cc2nc(-c3cc(C(C)(C)C)nn3C)[nH]c12. The van der Waals surface area contributed by atoms with E-state index in [2.05, 4.69) is 35.8 Å². The number of aromatic amines is 1. The van der Waals surface area contributed by atoms with Gasteiger partial charge in [0.25, 0.3) is 0 Å². The fourth-order valence-corrected chi connectivity index (χ4v) is 3.60. The van der Waals surface area contributed by atoms with Crippen molar-refractivity contribution in [2.24, 2.45) is 7.05 Å². The molecule has 30 heavy (non-hydrogen) atoms. The Balaban J connectivity index is 1.86. The Kier molecular flexibility index (Phi) is 4.52. The van der Waals surface area contributed by atoms with E-state index in [0.717, 1.165) is 28.5 Å². The zero-order chi connectivity index (χ0) is 21.8. The van der Waals surface area contributed by atoms with Crippen LogP contribution in [0.2, 0.25) is 0 Å². The van der Waals surface area contributed by atoms with Gasteiger partial charge >= 0.3 is 6.18 Å². The summed E-state index contributed by atoms with van der Waals surface area (Å²) in [6.45, 7) is 8.14. The minimum absolute atomic E-state index is 0.105. The summed E-state index contributed by atoms with van der Waals surface area (Å²) < 4.78 is 42.2. The van der Waals surface area contributed by atoms with Crippen LogP contribution in [0, 0.1) is 6.92 Å². The van der Waals surface area contributed by atoms with Gasteiger partial charge < -0.3 is 4.98 Å². The second kappa shape index (κ2) is 6.72. The first kappa shape index (κ1) is 20.2. The first-order chi connectivity index (χ1) is 13.9. The minimum atomic E-state index is -4.42. The van der Waals surface area contributed by atoms with Crippen molar-refractivity contribution in [3.63, 3.8) is 0 Å². The number of aromatic nitrogens is 4. The summed E-state index contributed by atoms with van der Waals surface area (Å²) in [5, 5.41) is 4.59. The van der Waals surface area contributed by atoms with Crippen LogP contribution in [0.3, 0.4) is 0 Å². The molecule has 0 saturated heterocycles. The number of nitrogens with one attached hydrogen (secondary N) is 1. The highest BCUT2D eigenvalue weighted by molar-refractivity contribution is 5.87. The number of rotatable bonds is 2. The fraction of sp³-hybridized carbons (Fsp3) is 0.304. The quantitative estimate of drug-likeness (QED) is 0.423. The zero-order valence-electron chi connectivity index (χ0n) is 17.5. The van der Waals surface area contributed by atoms with E-state index < -0.39 is 11.7 Å². The molecule has 0 spiro atoms. The van der Waals surface area contributed by atoms with Gasteiger partial charge in [-0.1, -0.05) is 39.0 Å². The summed E-state index contributed by atoms with van der Waals surface area (Å²) in [4.78, 5) is 8.00. The van der Waals surface area contributed by atoms with E-state index in [9.17, 15) is 13.2 Å². The molecule has 0 bridgehead atoms. The van der Waals surface area contributed by atoms with Crippen LogP contribution in [0.1, 0.15) is 37.6 Å². The van der Waals surface area contributed by atoms with Gasteiger partial charge in [0.1, 0.15) is 5.69 Å². The van der Waals surface area contributed by atoms with Crippen LogP contribution < -0.4 is 0 Å². The van der Waals surface area contributed by atoms with Crippen molar-refractivity contribution >= 4 is 11.0 Å². The second-order valence-electron chi connectivity index (χ2n) is 8.60. The summed E-state index contributed by atoms with van der Waals surface area (Å²) in [7, 11) is 1.86. The molecule has 2 aromatic heterocycles. The Bertz CT molecular complexity index is 1240. The van der Waals surface area contributed by atoms with E-state index in [1.165, 1.54) is 12.1 Å². The third-order valence-electron chi connectivity index (χ3n) is 5.22. The monoisotopic (exact) mass is 412 g/mol. The highest BCUT2D eigenvalue weighted by Gasteiger charge is 2.33. The number of hydrogen-bond donors (Lipinski definition) is 1. The number of aryl methyl sites for hydroxylation is 2. The third-order valence-corrected chi connectivity index (χ3v) is 5.22. The number of alkyl halides is 3. The third kappa shape index (κ3) is 3.49. The van der Waals surface area contributed by atoms with Crippen LogP contribution in [-0.4, -0.2) is 19.7 Å². The second-order valence-corrected chi connectivity index (χ2v) is 8.60. The van der Waals surface area contributed by atoms with E-state index >= 15 is 0 Å². The lowest BCUT2D eigenvalue weighted by atomic mass is 9.92. The maximum Gasteiger partial charge on any atom is 0.417 e. The van der Waals surface area contributed by atoms with Crippen molar-refractivity contribution in [2.75, 3.05) is 0 Å². The molecule has 0 unspecified atom stereocenters. The Hall–Kier alpha value is -3.09. The summed E-state index contributed by atoms with van der Waals surface area (Å²) >= 11 is 0. The highest BCUT2D eigenvalue weighted by atomic mass is 19.4. The van der Waals surface area contributed by atoms with Crippen LogP contribution >= 0.6 is 0 Å². The van der Waals surface area contributed by atoms with Gasteiger partial charge in [-0.15, -0.1) is 0 Å². The molecule has 0 aliphatic rings. The molecule has 4 nitrogen and oxygen atoms in total. The van der Waals surface area contributed by atoms with Crippen molar-refractivity contribution in [1.29, 1.82) is 0 Å². The summed E-state index contributed by atoms with van der Waals surface area (Å²) in [5.41, 5.74) is 3.91. The van der Waals surface area contributed by atoms with Crippen LogP contribution in [-0.2, 0) is 18.6 Å². The van der Waals surface area contributed by atoms with E-state index in [-0.39, 0.29) is 11.0 Å². The van der Waals surface area contributed by atoms with Crippen LogP contribution in [0.25, 0.3) is 33.7 Å². The maximum absolute atomic E-state index is 13.5. The molecule has 0 atom stereocenters. The van der Waals surface area contributed by atoms with Crippen molar-refractivity contribution in [3.05, 3.63) is 59.3 Å². The molecule has 2 aromatic carbocycles. The van der Waals surface area contributed by atoms with Gasteiger partial charge in [-0.3, -0.25) is 4.68 Å². The van der Waals surface area contributed by atoms with Crippen LogP contribution in [0.4, 0.5) is 13.2 Å². The highest BCUT2D eigenvalue weighted by Crippen LogP contribution is 2.38. The molecule has 7 heteroatoms. The molecule has 0 radical (unpaired) electrons. The number of nitrogens with zero attached hydrogens (tertiary/aromatic N) is 3. The van der Waals surface area contributed by atoms with Crippen LogP contribution in [0.5, 0.6) is 0 Å². The number of H-pyrrole nitrogens is 1. The summed E-state index contributed by atoms with van der Waals surface area (Å²) in [5.74, 6) is 0.639. The standard InChI is InChI=1S/C23H23F3N4/c1-13-10-14(15-8-6-7-9-16(15)23(24,25)26)11-17-20(13)28-21(27-17)18-12-19(22(2,3)4)29-30(18)5/h6-12H,1-5H3,(H,27,28). The molecule has 4 aromatic rings. The normalized spacial score (nSPS) is 12.7. The van der Waals surface area contributed by atoms with E-state index in [1.54, 1.807) is 22.9 Å². The number of fused-ring (bicyclic) bond motifs is 1. The molecular formula is C23H23F3N4. The average Bonchev–Trinajstić information content (AvgIpc) is 3.24. The Morgan fingerprint density at radius 1 is 1.00 bits per heavy atom. The fourth-order valence-electron chi connectivity index (χ4n) is 3.60. The molecule has 0 amide bonds. The van der Waals surface area contributed by atoms with Crippen molar-refractivity contribution in [3.8, 4) is 22.6 Å². The molecule has 2 heterocycles. The maximum atomic E-state index is 13.5. The molecule has 1 N–H and O–H groups in total. The van der Waals surface area contributed by atoms with Gasteiger partial charge in [-0.25, -0.2) is 4.98 Å².